The molecule has 118 valence electrons. The molecule has 0 unspecified atom stereocenters. The van der Waals surface area contributed by atoms with Crippen molar-refractivity contribution in [1.29, 1.82) is 0 Å². The van der Waals surface area contributed by atoms with Crippen molar-refractivity contribution < 1.29 is 0 Å². The van der Waals surface area contributed by atoms with Crippen LogP contribution in [0, 0.1) is 13.8 Å². The van der Waals surface area contributed by atoms with Gasteiger partial charge < -0.3 is 0 Å². The van der Waals surface area contributed by atoms with Crippen LogP contribution in [0.1, 0.15) is 37.6 Å². The fraction of sp³-hybridized carbons (Fsp3) is 0.286. The molecule has 0 amide bonds. The molecule has 3 rings (SSSR count). The van der Waals surface area contributed by atoms with Gasteiger partial charge in [-0.15, -0.1) is 0 Å². The third kappa shape index (κ3) is 3.21. The van der Waals surface area contributed by atoms with E-state index in [-0.39, 0.29) is 5.41 Å². The van der Waals surface area contributed by atoms with Crippen LogP contribution in [0.3, 0.4) is 0 Å². The Morgan fingerprint density at radius 2 is 1.30 bits per heavy atom. The van der Waals surface area contributed by atoms with Gasteiger partial charge in [0.05, 0.1) is 17.1 Å². The summed E-state index contributed by atoms with van der Waals surface area (Å²) in [6.45, 7) is 10.8. The van der Waals surface area contributed by atoms with E-state index in [1.807, 2.05) is 0 Å². The predicted octanol–water partition coefficient (Wildman–Crippen LogP) is 5.45. The second-order valence-corrected chi connectivity index (χ2v) is 7.28. The molecule has 3 aromatic rings. The summed E-state index contributed by atoms with van der Waals surface area (Å²) in [6, 6.07) is 19.4. The molecule has 0 aliphatic heterocycles. The Balaban J connectivity index is 2.18. The highest BCUT2D eigenvalue weighted by atomic mass is 15.3. The number of benzene rings is 2. The van der Waals surface area contributed by atoms with E-state index >= 15 is 0 Å². The molecule has 23 heavy (non-hydrogen) atoms. The molecule has 0 spiro atoms. The Kier molecular flexibility index (Phi) is 3.85. The van der Waals surface area contributed by atoms with E-state index in [4.69, 9.17) is 5.10 Å². The molecule has 0 atom stereocenters. The van der Waals surface area contributed by atoms with Gasteiger partial charge in [0.1, 0.15) is 0 Å². The van der Waals surface area contributed by atoms with Gasteiger partial charge in [0.2, 0.25) is 0 Å². The summed E-state index contributed by atoms with van der Waals surface area (Å²) in [4.78, 5) is 0. The molecule has 2 nitrogen and oxygen atoms in total. The molecule has 0 radical (unpaired) electrons. The summed E-state index contributed by atoms with van der Waals surface area (Å²) in [7, 11) is 0. The smallest absolute Gasteiger partial charge is 0.0744 e. The summed E-state index contributed by atoms with van der Waals surface area (Å²) in [6.07, 6.45) is 0. The molecule has 0 aliphatic carbocycles. The van der Waals surface area contributed by atoms with E-state index in [1.54, 1.807) is 0 Å². The second-order valence-electron chi connectivity index (χ2n) is 7.28. The number of aryl methyl sites for hydroxylation is 2. The minimum atomic E-state index is 0.0232. The van der Waals surface area contributed by atoms with Gasteiger partial charge in [-0.25, -0.2) is 4.68 Å². The zero-order valence-electron chi connectivity index (χ0n) is 14.6. The van der Waals surface area contributed by atoms with E-state index in [0.29, 0.717) is 0 Å². The topological polar surface area (TPSA) is 17.8 Å². The summed E-state index contributed by atoms with van der Waals surface area (Å²) in [5.41, 5.74) is 7.09. The molecular formula is C21H24N2. The molecule has 0 fully saturated rings. The summed E-state index contributed by atoms with van der Waals surface area (Å²) in [5, 5.41) is 4.90. The molecule has 1 heterocycles. The van der Waals surface area contributed by atoms with Crippen LogP contribution in [-0.4, -0.2) is 9.78 Å². The first-order valence-electron chi connectivity index (χ1n) is 8.09. The third-order valence-corrected chi connectivity index (χ3v) is 4.10. The van der Waals surface area contributed by atoms with Crippen LogP contribution in [0.2, 0.25) is 0 Å². The Hall–Kier alpha value is -2.35. The van der Waals surface area contributed by atoms with Gasteiger partial charge in [-0.1, -0.05) is 68.3 Å². The van der Waals surface area contributed by atoms with Gasteiger partial charge in [0, 0.05) is 11.0 Å². The van der Waals surface area contributed by atoms with Crippen molar-refractivity contribution in [2.45, 2.75) is 40.0 Å². The SMILES string of the molecule is Cc1ccc(-c2cc(C(C)(C)C)nn2-c2ccc(C)cc2)cc1. The van der Waals surface area contributed by atoms with Gasteiger partial charge >= 0.3 is 0 Å². The highest BCUT2D eigenvalue weighted by molar-refractivity contribution is 5.63. The van der Waals surface area contributed by atoms with E-state index in [0.717, 1.165) is 17.1 Å². The third-order valence-electron chi connectivity index (χ3n) is 4.10. The molecule has 2 aromatic carbocycles. The number of aromatic nitrogens is 2. The molecule has 0 saturated heterocycles. The van der Waals surface area contributed by atoms with Crippen molar-refractivity contribution in [2.75, 3.05) is 0 Å². The predicted molar refractivity (Wildman–Crippen MR) is 97.2 cm³/mol. The van der Waals surface area contributed by atoms with Crippen LogP contribution < -0.4 is 0 Å². The van der Waals surface area contributed by atoms with Gasteiger partial charge in [-0.3, -0.25) is 0 Å². The van der Waals surface area contributed by atoms with Crippen LogP contribution >= 0.6 is 0 Å². The molecule has 0 bridgehead atoms. The zero-order valence-corrected chi connectivity index (χ0v) is 14.6. The lowest BCUT2D eigenvalue weighted by atomic mass is 9.92. The maximum Gasteiger partial charge on any atom is 0.0744 e. The molecule has 0 aliphatic rings. The van der Waals surface area contributed by atoms with Crippen LogP contribution in [-0.2, 0) is 5.41 Å². The first-order valence-corrected chi connectivity index (χ1v) is 8.09. The lowest BCUT2D eigenvalue weighted by molar-refractivity contribution is 0.560. The van der Waals surface area contributed by atoms with Crippen LogP contribution in [0.25, 0.3) is 16.9 Å². The monoisotopic (exact) mass is 304 g/mol. The Bertz CT molecular complexity index is 738. The van der Waals surface area contributed by atoms with E-state index < -0.39 is 0 Å². The average Bonchev–Trinajstić information content (AvgIpc) is 2.94. The number of rotatable bonds is 2. The van der Waals surface area contributed by atoms with Gasteiger partial charge in [-0.2, -0.15) is 5.10 Å². The molecule has 1 aromatic heterocycles. The Labute approximate surface area is 138 Å². The van der Waals surface area contributed by atoms with Crippen molar-refractivity contribution in [3.8, 4) is 16.9 Å². The van der Waals surface area contributed by atoms with E-state index in [1.165, 1.54) is 16.7 Å². The van der Waals surface area contributed by atoms with Gasteiger partial charge in [0.15, 0.2) is 0 Å². The number of hydrogen-bond donors (Lipinski definition) is 0. The first-order chi connectivity index (χ1) is 10.8. The van der Waals surface area contributed by atoms with Crippen LogP contribution in [0.5, 0.6) is 0 Å². The molecule has 0 saturated carbocycles. The number of hydrogen-bond acceptors (Lipinski definition) is 1. The quantitative estimate of drug-likeness (QED) is 0.615. The maximum absolute atomic E-state index is 4.90. The summed E-state index contributed by atoms with van der Waals surface area (Å²) < 4.78 is 2.06. The minimum absolute atomic E-state index is 0.0232. The van der Waals surface area contributed by atoms with Crippen molar-refractivity contribution in [2.24, 2.45) is 0 Å². The normalized spacial score (nSPS) is 11.7. The van der Waals surface area contributed by atoms with E-state index in [9.17, 15) is 0 Å². The van der Waals surface area contributed by atoms with E-state index in [2.05, 4.69) is 93.9 Å². The van der Waals surface area contributed by atoms with Crippen molar-refractivity contribution in [3.63, 3.8) is 0 Å². The molecule has 2 heteroatoms. The van der Waals surface area contributed by atoms with Crippen LogP contribution in [0.15, 0.2) is 54.6 Å². The van der Waals surface area contributed by atoms with Crippen molar-refractivity contribution in [1.82, 2.24) is 9.78 Å². The van der Waals surface area contributed by atoms with Crippen LogP contribution in [0.4, 0.5) is 0 Å². The second kappa shape index (κ2) is 5.69. The standard InChI is InChI=1S/C21H24N2/c1-15-6-10-17(11-7-15)19-14-20(21(3,4)5)22-23(19)18-12-8-16(2)9-13-18/h6-14H,1-5H3. The molecule has 0 N–H and O–H groups in total. The van der Waals surface area contributed by atoms with Gasteiger partial charge in [0.25, 0.3) is 0 Å². The average molecular weight is 304 g/mol. The summed E-state index contributed by atoms with van der Waals surface area (Å²) in [5.74, 6) is 0. The summed E-state index contributed by atoms with van der Waals surface area (Å²) >= 11 is 0. The van der Waals surface area contributed by atoms with Crippen molar-refractivity contribution in [3.05, 3.63) is 71.4 Å². The lowest BCUT2D eigenvalue weighted by Crippen LogP contribution is -2.12. The minimum Gasteiger partial charge on any atom is -0.233 e. The maximum atomic E-state index is 4.90. The first kappa shape index (κ1) is 15.5. The lowest BCUT2D eigenvalue weighted by Gasteiger charge is -2.14. The Morgan fingerprint density at radius 1 is 0.783 bits per heavy atom. The highest BCUT2D eigenvalue weighted by Gasteiger charge is 2.21. The fourth-order valence-corrected chi connectivity index (χ4v) is 2.56. The number of nitrogens with zero attached hydrogens (tertiary/aromatic N) is 2. The van der Waals surface area contributed by atoms with Crippen molar-refractivity contribution >= 4 is 0 Å². The Morgan fingerprint density at radius 3 is 1.83 bits per heavy atom. The fourth-order valence-electron chi connectivity index (χ4n) is 2.56. The largest absolute Gasteiger partial charge is 0.233 e. The highest BCUT2D eigenvalue weighted by Crippen LogP contribution is 2.29. The molecular weight excluding hydrogens is 280 g/mol. The zero-order chi connectivity index (χ0) is 16.6. The van der Waals surface area contributed by atoms with Gasteiger partial charge in [-0.05, 0) is 32.0 Å².